The van der Waals surface area contributed by atoms with Gasteiger partial charge in [-0.15, -0.1) is 10.2 Å². The Morgan fingerprint density at radius 3 is 2.39 bits per heavy atom. The quantitative estimate of drug-likeness (QED) is 0.451. The number of hydrazine groups is 1. The molecule has 28 heavy (non-hydrogen) atoms. The first-order valence-electron chi connectivity index (χ1n) is 8.38. The van der Waals surface area contributed by atoms with Crippen molar-refractivity contribution in [2.24, 2.45) is 7.05 Å². The summed E-state index contributed by atoms with van der Waals surface area (Å²) < 4.78 is 2.71. The molecule has 2 N–H and O–H groups in total. The molecule has 0 spiro atoms. The van der Waals surface area contributed by atoms with E-state index >= 15 is 0 Å². The van der Waals surface area contributed by atoms with E-state index in [1.54, 1.807) is 24.3 Å². The smallest absolute Gasteiger partial charge is 0.269 e. The third-order valence-electron chi connectivity index (χ3n) is 3.90. The average Bonchev–Trinajstić information content (AvgIpc) is 3.06. The molecule has 144 valence electrons. The van der Waals surface area contributed by atoms with Crippen LogP contribution in [-0.4, -0.2) is 32.3 Å². The summed E-state index contributed by atoms with van der Waals surface area (Å²) in [6.45, 7) is 2.02. The van der Waals surface area contributed by atoms with Crippen molar-refractivity contribution in [2.45, 2.75) is 12.1 Å². The highest BCUT2D eigenvalue weighted by molar-refractivity contribution is 9.10. The Labute approximate surface area is 175 Å². The maximum atomic E-state index is 12.0. The molecule has 0 aliphatic heterocycles. The van der Waals surface area contributed by atoms with Crippen LogP contribution in [-0.2, 0) is 11.8 Å². The monoisotopic (exact) mass is 459 g/mol. The number of nitrogens with zero attached hydrogens (tertiary/aromatic N) is 3. The molecule has 0 bridgehead atoms. The van der Waals surface area contributed by atoms with Crippen molar-refractivity contribution in [3.63, 3.8) is 0 Å². The van der Waals surface area contributed by atoms with Crippen LogP contribution in [0.3, 0.4) is 0 Å². The maximum absolute atomic E-state index is 12.0. The Balaban J connectivity index is 1.53. The summed E-state index contributed by atoms with van der Waals surface area (Å²) in [5.41, 5.74) is 7.37. The van der Waals surface area contributed by atoms with E-state index in [0.717, 1.165) is 15.9 Å². The van der Waals surface area contributed by atoms with E-state index in [-0.39, 0.29) is 17.6 Å². The number of carbonyl (C=O) groups is 2. The number of benzene rings is 2. The Kier molecular flexibility index (Phi) is 6.48. The van der Waals surface area contributed by atoms with Crippen LogP contribution in [0.1, 0.15) is 15.9 Å². The molecule has 0 aliphatic rings. The molecule has 1 heterocycles. The number of hydrogen-bond acceptors (Lipinski definition) is 5. The summed E-state index contributed by atoms with van der Waals surface area (Å²) in [7, 11) is 1.85. The molecule has 3 rings (SSSR count). The van der Waals surface area contributed by atoms with E-state index in [0.29, 0.717) is 10.7 Å². The molecular formula is C19H18BrN5O2S. The number of thioether (sulfide) groups is 1. The first-order chi connectivity index (χ1) is 13.4. The predicted molar refractivity (Wildman–Crippen MR) is 112 cm³/mol. The number of nitrogens with one attached hydrogen (secondary N) is 2. The van der Waals surface area contributed by atoms with Gasteiger partial charge in [-0.3, -0.25) is 20.4 Å². The van der Waals surface area contributed by atoms with Crippen LogP contribution in [0.2, 0.25) is 0 Å². The van der Waals surface area contributed by atoms with Gasteiger partial charge in [-0.05, 0) is 31.2 Å². The number of amides is 2. The third-order valence-corrected chi connectivity index (χ3v) is 5.45. The minimum Gasteiger partial charge on any atom is -0.305 e. The van der Waals surface area contributed by atoms with Gasteiger partial charge < -0.3 is 4.57 Å². The van der Waals surface area contributed by atoms with Gasteiger partial charge in [-0.1, -0.05) is 57.5 Å². The van der Waals surface area contributed by atoms with Gasteiger partial charge in [0.25, 0.3) is 5.91 Å². The Bertz CT molecular complexity index is 987. The minimum atomic E-state index is -0.383. The molecule has 0 saturated carbocycles. The fourth-order valence-corrected chi connectivity index (χ4v) is 3.34. The minimum absolute atomic E-state index is 0.0977. The molecule has 2 amide bonds. The van der Waals surface area contributed by atoms with Crippen molar-refractivity contribution in [1.29, 1.82) is 0 Å². The lowest BCUT2D eigenvalue weighted by molar-refractivity contribution is -0.119. The molecule has 0 radical (unpaired) electrons. The van der Waals surface area contributed by atoms with E-state index in [9.17, 15) is 9.59 Å². The van der Waals surface area contributed by atoms with Gasteiger partial charge in [0.15, 0.2) is 11.0 Å². The molecule has 0 fully saturated rings. The zero-order valence-electron chi connectivity index (χ0n) is 15.3. The highest BCUT2D eigenvalue weighted by atomic mass is 79.9. The summed E-state index contributed by atoms with van der Waals surface area (Å²) in [5.74, 6) is 0.105. The van der Waals surface area contributed by atoms with E-state index in [4.69, 9.17) is 0 Å². The van der Waals surface area contributed by atoms with Crippen molar-refractivity contribution in [3.05, 3.63) is 64.1 Å². The predicted octanol–water partition coefficient (Wildman–Crippen LogP) is 3.11. The van der Waals surface area contributed by atoms with Crippen LogP contribution in [0.5, 0.6) is 0 Å². The highest BCUT2D eigenvalue weighted by Gasteiger charge is 2.13. The molecule has 0 aliphatic carbocycles. The second kappa shape index (κ2) is 9.03. The van der Waals surface area contributed by atoms with Gasteiger partial charge in [0, 0.05) is 22.6 Å². The lowest BCUT2D eigenvalue weighted by Gasteiger charge is -2.07. The Hall–Kier alpha value is -2.65. The van der Waals surface area contributed by atoms with Gasteiger partial charge >= 0.3 is 0 Å². The zero-order chi connectivity index (χ0) is 20.1. The first kappa shape index (κ1) is 20.1. The van der Waals surface area contributed by atoms with Crippen molar-refractivity contribution >= 4 is 39.5 Å². The standard InChI is InChI=1S/C19H18BrN5O2S/c1-12-3-5-13(6-4-12)17-22-24-19(25(17)2)28-11-16(26)21-23-18(27)14-7-9-15(20)10-8-14/h3-10H,11H2,1-2H3,(H,21,26)(H,23,27). The summed E-state index contributed by atoms with van der Waals surface area (Å²) in [4.78, 5) is 24.0. The number of carbonyl (C=O) groups excluding carboxylic acids is 2. The number of hydrogen-bond donors (Lipinski definition) is 2. The van der Waals surface area contributed by atoms with Gasteiger partial charge in [0.2, 0.25) is 5.91 Å². The van der Waals surface area contributed by atoms with Gasteiger partial charge in [0.05, 0.1) is 5.75 Å². The van der Waals surface area contributed by atoms with Crippen LogP contribution in [0.25, 0.3) is 11.4 Å². The molecule has 9 heteroatoms. The molecular weight excluding hydrogens is 442 g/mol. The van der Waals surface area contributed by atoms with Gasteiger partial charge in [-0.25, -0.2) is 0 Å². The Morgan fingerprint density at radius 1 is 1.04 bits per heavy atom. The van der Waals surface area contributed by atoms with E-state index in [2.05, 4.69) is 37.0 Å². The molecule has 2 aromatic carbocycles. The third kappa shape index (κ3) is 4.99. The Morgan fingerprint density at radius 2 is 1.71 bits per heavy atom. The number of aryl methyl sites for hydroxylation is 1. The number of rotatable bonds is 5. The van der Waals surface area contributed by atoms with Crippen molar-refractivity contribution < 1.29 is 9.59 Å². The lowest BCUT2D eigenvalue weighted by Crippen LogP contribution is -2.42. The largest absolute Gasteiger partial charge is 0.305 e. The van der Waals surface area contributed by atoms with Crippen molar-refractivity contribution in [2.75, 3.05) is 5.75 Å². The zero-order valence-corrected chi connectivity index (χ0v) is 17.7. The topological polar surface area (TPSA) is 88.9 Å². The van der Waals surface area contributed by atoms with Gasteiger partial charge in [-0.2, -0.15) is 0 Å². The number of aromatic nitrogens is 3. The van der Waals surface area contributed by atoms with Crippen LogP contribution in [0.4, 0.5) is 0 Å². The number of halogens is 1. The summed E-state index contributed by atoms with van der Waals surface area (Å²) in [6.07, 6.45) is 0. The van der Waals surface area contributed by atoms with E-state index < -0.39 is 0 Å². The molecule has 7 nitrogen and oxygen atoms in total. The SMILES string of the molecule is Cc1ccc(-c2nnc(SCC(=O)NNC(=O)c3ccc(Br)cc3)n2C)cc1. The van der Waals surface area contributed by atoms with Crippen LogP contribution < -0.4 is 10.9 Å². The molecule has 0 saturated heterocycles. The first-order valence-corrected chi connectivity index (χ1v) is 10.2. The second-order valence-corrected chi connectivity index (χ2v) is 7.89. The molecule has 3 aromatic rings. The van der Waals surface area contributed by atoms with Gasteiger partial charge in [0.1, 0.15) is 0 Å². The van der Waals surface area contributed by atoms with E-state index in [1.165, 1.54) is 17.3 Å². The van der Waals surface area contributed by atoms with Crippen LogP contribution in [0, 0.1) is 6.92 Å². The molecule has 0 unspecified atom stereocenters. The molecule has 1 aromatic heterocycles. The fraction of sp³-hybridized carbons (Fsp3) is 0.158. The van der Waals surface area contributed by atoms with Crippen LogP contribution in [0.15, 0.2) is 58.2 Å². The maximum Gasteiger partial charge on any atom is 0.269 e. The van der Waals surface area contributed by atoms with E-state index in [1.807, 2.05) is 42.8 Å². The van der Waals surface area contributed by atoms with Crippen LogP contribution >= 0.6 is 27.7 Å². The molecule has 0 atom stereocenters. The fourth-order valence-electron chi connectivity index (χ4n) is 2.36. The highest BCUT2D eigenvalue weighted by Crippen LogP contribution is 2.22. The van der Waals surface area contributed by atoms with Crippen molar-refractivity contribution in [1.82, 2.24) is 25.6 Å². The second-order valence-electron chi connectivity index (χ2n) is 6.03. The summed E-state index contributed by atoms with van der Waals surface area (Å²) >= 11 is 4.55. The lowest BCUT2D eigenvalue weighted by atomic mass is 10.1. The normalized spacial score (nSPS) is 10.5. The summed E-state index contributed by atoms with van der Waals surface area (Å²) in [6, 6.07) is 14.8. The van der Waals surface area contributed by atoms with Crippen molar-refractivity contribution in [3.8, 4) is 11.4 Å². The summed E-state index contributed by atoms with van der Waals surface area (Å²) in [5, 5.41) is 8.96. The average molecular weight is 460 g/mol.